The lowest BCUT2D eigenvalue weighted by molar-refractivity contribution is 0.209. The van der Waals surface area contributed by atoms with Gasteiger partial charge in [-0.1, -0.05) is 13.3 Å². The zero-order chi connectivity index (χ0) is 11.3. The summed E-state index contributed by atoms with van der Waals surface area (Å²) in [5.41, 5.74) is -0.777. The number of H-pyrrole nitrogens is 1. The minimum atomic E-state index is -0.393. The second-order valence-electron chi connectivity index (χ2n) is 3.55. The van der Waals surface area contributed by atoms with Crippen LogP contribution in [0.2, 0.25) is 0 Å². The topological polar surface area (TPSA) is 75.1 Å². The van der Waals surface area contributed by atoms with Gasteiger partial charge in [-0.2, -0.15) is 0 Å². The highest BCUT2D eigenvalue weighted by molar-refractivity contribution is 4.82. The number of hydrogen-bond donors (Lipinski definition) is 2. The van der Waals surface area contributed by atoms with Crippen LogP contribution in [0, 0.1) is 5.92 Å². The fourth-order valence-electron chi connectivity index (χ4n) is 1.37. The molecule has 0 aliphatic rings. The van der Waals surface area contributed by atoms with Crippen LogP contribution < -0.4 is 11.2 Å². The van der Waals surface area contributed by atoms with Gasteiger partial charge < -0.3 is 9.67 Å². The zero-order valence-corrected chi connectivity index (χ0v) is 8.77. The molecule has 1 rings (SSSR count). The largest absolute Gasteiger partial charge is 0.396 e. The molecule has 0 fully saturated rings. The Morgan fingerprint density at radius 2 is 2.27 bits per heavy atom. The van der Waals surface area contributed by atoms with Gasteiger partial charge in [0.25, 0.3) is 5.56 Å². The van der Waals surface area contributed by atoms with E-state index in [1.54, 1.807) is 0 Å². The highest BCUT2D eigenvalue weighted by Gasteiger charge is 2.05. The van der Waals surface area contributed by atoms with Crippen molar-refractivity contribution in [2.45, 2.75) is 26.3 Å². The van der Waals surface area contributed by atoms with Crippen LogP contribution in [0.15, 0.2) is 21.9 Å². The summed E-state index contributed by atoms with van der Waals surface area (Å²) in [6.45, 7) is 2.65. The third-order valence-corrected chi connectivity index (χ3v) is 2.51. The maximum atomic E-state index is 11.3. The van der Waals surface area contributed by atoms with E-state index in [9.17, 15) is 9.59 Å². The van der Waals surface area contributed by atoms with Crippen LogP contribution in [0.3, 0.4) is 0 Å². The van der Waals surface area contributed by atoms with Gasteiger partial charge in [0.1, 0.15) is 0 Å². The van der Waals surface area contributed by atoms with Crippen molar-refractivity contribution >= 4 is 0 Å². The molecule has 1 aromatic heterocycles. The smallest absolute Gasteiger partial charge is 0.328 e. The first-order valence-electron chi connectivity index (χ1n) is 5.08. The molecule has 0 radical (unpaired) electrons. The molecule has 15 heavy (non-hydrogen) atoms. The molecule has 0 aliphatic carbocycles. The van der Waals surface area contributed by atoms with E-state index < -0.39 is 5.69 Å². The quantitative estimate of drug-likeness (QED) is 0.718. The first-order valence-corrected chi connectivity index (χ1v) is 5.08. The molecule has 0 amide bonds. The van der Waals surface area contributed by atoms with E-state index in [0.29, 0.717) is 6.54 Å². The molecule has 0 bridgehead atoms. The maximum absolute atomic E-state index is 11.3. The predicted octanol–water partition coefficient (Wildman–Crippen LogP) is -0.0548. The summed E-state index contributed by atoms with van der Waals surface area (Å²) in [6, 6.07) is 1.32. The van der Waals surface area contributed by atoms with Crippen LogP contribution in [0.25, 0.3) is 0 Å². The molecule has 5 heteroatoms. The minimum Gasteiger partial charge on any atom is -0.396 e. The molecule has 0 aliphatic heterocycles. The van der Waals surface area contributed by atoms with Crippen molar-refractivity contribution in [3.63, 3.8) is 0 Å². The Bertz CT molecular complexity index is 404. The summed E-state index contributed by atoms with van der Waals surface area (Å²) in [5.74, 6) is 0.212. The van der Waals surface area contributed by atoms with Gasteiger partial charge in [0, 0.05) is 25.4 Å². The molecule has 0 aromatic carbocycles. The van der Waals surface area contributed by atoms with Gasteiger partial charge in [-0.15, -0.1) is 0 Å². The summed E-state index contributed by atoms with van der Waals surface area (Å²) >= 11 is 0. The van der Waals surface area contributed by atoms with Gasteiger partial charge in [0.15, 0.2) is 0 Å². The van der Waals surface area contributed by atoms with Crippen LogP contribution in [0.5, 0.6) is 0 Å². The van der Waals surface area contributed by atoms with E-state index in [4.69, 9.17) is 5.11 Å². The molecule has 2 N–H and O–H groups in total. The van der Waals surface area contributed by atoms with Crippen molar-refractivity contribution in [3.8, 4) is 0 Å². The summed E-state index contributed by atoms with van der Waals surface area (Å²) in [4.78, 5) is 24.2. The third kappa shape index (κ3) is 3.36. The van der Waals surface area contributed by atoms with E-state index in [-0.39, 0.29) is 18.1 Å². The molecule has 0 saturated carbocycles. The lowest BCUT2D eigenvalue weighted by Crippen LogP contribution is -2.29. The van der Waals surface area contributed by atoms with Crippen LogP contribution in [-0.4, -0.2) is 21.3 Å². The number of aliphatic hydroxyl groups is 1. The number of rotatable bonds is 5. The lowest BCUT2D eigenvalue weighted by Gasteiger charge is -2.11. The molecule has 1 heterocycles. The Hall–Kier alpha value is -1.36. The molecular formula is C10H16N2O3. The van der Waals surface area contributed by atoms with E-state index in [2.05, 4.69) is 4.98 Å². The van der Waals surface area contributed by atoms with Gasteiger partial charge in [-0.05, 0) is 12.3 Å². The molecule has 1 unspecified atom stereocenters. The van der Waals surface area contributed by atoms with Crippen molar-refractivity contribution in [2.24, 2.45) is 5.92 Å². The standard InChI is InChI=1S/C10H16N2O3/c1-2-8(7-13)3-5-12-6-4-9(14)11-10(12)15/h4,6,8,13H,2-3,5,7H2,1H3,(H,11,14,15). The van der Waals surface area contributed by atoms with Gasteiger partial charge >= 0.3 is 5.69 Å². The Kier molecular flexibility index (Phi) is 4.30. The number of aromatic amines is 1. The van der Waals surface area contributed by atoms with Crippen LogP contribution in [0.1, 0.15) is 19.8 Å². The number of aliphatic hydroxyl groups excluding tert-OH is 1. The molecule has 0 saturated heterocycles. The van der Waals surface area contributed by atoms with Gasteiger partial charge in [-0.25, -0.2) is 4.79 Å². The Morgan fingerprint density at radius 1 is 1.53 bits per heavy atom. The van der Waals surface area contributed by atoms with Crippen molar-refractivity contribution in [2.75, 3.05) is 6.61 Å². The molecule has 1 aromatic rings. The molecular weight excluding hydrogens is 196 g/mol. The summed E-state index contributed by atoms with van der Waals surface area (Å²) in [7, 11) is 0. The Labute approximate surface area is 87.4 Å². The average Bonchev–Trinajstić information content (AvgIpc) is 2.22. The van der Waals surface area contributed by atoms with Crippen LogP contribution in [0.4, 0.5) is 0 Å². The first-order chi connectivity index (χ1) is 7.17. The zero-order valence-electron chi connectivity index (χ0n) is 8.77. The average molecular weight is 212 g/mol. The van der Waals surface area contributed by atoms with Gasteiger partial charge in [0.05, 0.1) is 0 Å². The maximum Gasteiger partial charge on any atom is 0.328 e. The molecule has 84 valence electrons. The van der Waals surface area contributed by atoms with Crippen LogP contribution in [-0.2, 0) is 6.54 Å². The van der Waals surface area contributed by atoms with E-state index in [1.165, 1.54) is 16.8 Å². The summed E-state index contributed by atoms with van der Waals surface area (Å²) < 4.78 is 1.44. The normalized spacial score (nSPS) is 12.7. The highest BCUT2D eigenvalue weighted by Crippen LogP contribution is 2.07. The number of nitrogens with zero attached hydrogens (tertiary/aromatic N) is 1. The summed E-state index contributed by atoms with van der Waals surface area (Å²) in [6.07, 6.45) is 3.10. The van der Waals surface area contributed by atoms with Crippen molar-refractivity contribution in [1.82, 2.24) is 9.55 Å². The molecule has 0 spiro atoms. The first kappa shape index (κ1) is 11.7. The monoisotopic (exact) mass is 212 g/mol. The van der Waals surface area contributed by atoms with E-state index in [0.717, 1.165) is 12.8 Å². The second kappa shape index (κ2) is 5.50. The highest BCUT2D eigenvalue weighted by atomic mass is 16.3. The van der Waals surface area contributed by atoms with Crippen molar-refractivity contribution in [1.29, 1.82) is 0 Å². The number of aryl methyl sites for hydroxylation is 1. The summed E-state index contributed by atoms with van der Waals surface area (Å²) in [5, 5.41) is 8.97. The Balaban J connectivity index is 2.65. The lowest BCUT2D eigenvalue weighted by atomic mass is 10.0. The predicted molar refractivity (Wildman–Crippen MR) is 56.8 cm³/mol. The van der Waals surface area contributed by atoms with E-state index >= 15 is 0 Å². The van der Waals surface area contributed by atoms with Gasteiger partial charge in [0.2, 0.25) is 0 Å². The van der Waals surface area contributed by atoms with Crippen molar-refractivity contribution < 1.29 is 5.11 Å². The SMILES string of the molecule is CCC(CO)CCn1ccc(=O)[nH]c1=O. The fraction of sp³-hybridized carbons (Fsp3) is 0.600. The number of aromatic nitrogens is 2. The second-order valence-corrected chi connectivity index (χ2v) is 3.55. The fourth-order valence-corrected chi connectivity index (χ4v) is 1.37. The molecule has 5 nitrogen and oxygen atoms in total. The number of hydrogen-bond acceptors (Lipinski definition) is 3. The van der Waals surface area contributed by atoms with E-state index in [1.807, 2.05) is 6.92 Å². The Morgan fingerprint density at radius 3 is 2.80 bits per heavy atom. The third-order valence-electron chi connectivity index (χ3n) is 2.51. The van der Waals surface area contributed by atoms with Crippen molar-refractivity contribution in [3.05, 3.63) is 33.1 Å². The minimum absolute atomic E-state index is 0.134. The molecule has 1 atom stereocenters. The van der Waals surface area contributed by atoms with Gasteiger partial charge in [-0.3, -0.25) is 9.78 Å². The van der Waals surface area contributed by atoms with Crippen LogP contribution >= 0.6 is 0 Å². The number of nitrogens with one attached hydrogen (secondary N) is 1.